The zero-order chi connectivity index (χ0) is 11.7. The van der Waals surface area contributed by atoms with Gasteiger partial charge in [0.05, 0.1) is 18.3 Å². The Balaban J connectivity index is 1.59. The summed E-state index contributed by atoms with van der Waals surface area (Å²) >= 11 is 0. The van der Waals surface area contributed by atoms with Gasteiger partial charge in [0.25, 0.3) is 0 Å². The summed E-state index contributed by atoms with van der Waals surface area (Å²) in [6, 6.07) is 0. The van der Waals surface area contributed by atoms with E-state index in [4.69, 9.17) is 9.47 Å². The van der Waals surface area contributed by atoms with E-state index in [0.29, 0.717) is 12.2 Å². The SMILES string of the molecule is OC1CC(OC2CCOCC2)C12CCCCC2. The Morgan fingerprint density at radius 1 is 1.06 bits per heavy atom. The zero-order valence-corrected chi connectivity index (χ0v) is 10.6. The number of hydrogen-bond donors (Lipinski definition) is 1. The highest BCUT2D eigenvalue weighted by Crippen LogP contribution is 2.53. The molecule has 3 nitrogen and oxygen atoms in total. The van der Waals surface area contributed by atoms with Crippen molar-refractivity contribution in [3.05, 3.63) is 0 Å². The Morgan fingerprint density at radius 3 is 2.41 bits per heavy atom. The molecule has 0 aromatic rings. The average Bonchev–Trinajstić information content (AvgIpc) is 2.41. The van der Waals surface area contributed by atoms with Crippen LogP contribution in [-0.2, 0) is 9.47 Å². The third kappa shape index (κ3) is 2.13. The lowest BCUT2D eigenvalue weighted by atomic mass is 9.56. The smallest absolute Gasteiger partial charge is 0.0684 e. The third-order valence-electron chi connectivity index (χ3n) is 5.05. The van der Waals surface area contributed by atoms with Crippen LogP contribution in [0.4, 0.5) is 0 Å². The predicted molar refractivity (Wildman–Crippen MR) is 64.9 cm³/mol. The van der Waals surface area contributed by atoms with Crippen molar-refractivity contribution in [2.75, 3.05) is 13.2 Å². The molecule has 1 heterocycles. The molecule has 2 atom stereocenters. The van der Waals surface area contributed by atoms with Crippen LogP contribution in [-0.4, -0.2) is 36.6 Å². The molecule has 1 saturated heterocycles. The fourth-order valence-corrected chi connectivity index (χ4v) is 3.83. The Hall–Kier alpha value is -0.120. The van der Waals surface area contributed by atoms with E-state index in [9.17, 15) is 5.11 Å². The second-order valence-corrected chi connectivity index (χ2v) is 5.98. The first kappa shape index (κ1) is 11.9. The van der Waals surface area contributed by atoms with Gasteiger partial charge in [-0.3, -0.25) is 0 Å². The molecule has 98 valence electrons. The summed E-state index contributed by atoms with van der Waals surface area (Å²) in [6.45, 7) is 1.68. The Morgan fingerprint density at radius 2 is 1.76 bits per heavy atom. The van der Waals surface area contributed by atoms with Crippen LogP contribution in [0.3, 0.4) is 0 Å². The standard InChI is InChI=1S/C14H24O3/c15-12-10-13(14(12)6-2-1-3-7-14)17-11-4-8-16-9-5-11/h11-13,15H,1-10H2. The van der Waals surface area contributed by atoms with Crippen molar-refractivity contribution in [1.82, 2.24) is 0 Å². The minimum absolute atomic E-state index is 0.104. The van der Waals surface area contributed by atoms with Gasteiger partial charge in [-0.15, -0.1) is 0 Å². The van der Waals surface area contributed by atoms with Crippen LogP contribution in [0.2, 0.25) is 0 Å². The fourth-order valence-electron chi connectivity index (χ4n) is 3.83. The largest absolute Gasteiger partial charge is 0.392 e. The van der Waals surface area contributed by atoms with E-state index in [0.717, 1.165) is 32.5 Å². The normalized spacial score (nSPS) is 37.9. The second-order valence-electron chi connectivity index (χ2n) is 5.98. The van der Waals surface area contributed by atoms with Crippen molar-refractivity contribution in [3.8, 4) is 0 Å². The number of aliphatic hydroxyl groups is 1. The van der Waals surface area contributed by atoms with Gasteiger partial charge < -0.3 is 14.6 Å². The summed E-state index contributed by atoms with van der Waals surface area (Å²) in [6.07, 6.45) is 9.72. The van der Waals surface area contributed by atoms with Crippen molar-refractivity contribution in [2.45, 2.75) is 69.7 Å². The van der Waals surface area contributed by atoms with Crippen LogP contribution in [0.15, 0.2) is 0 Å². The Labute approximate surface area is 103 Å². The van der Waals surface area contributed by atoms with Gasteiger partial charge in [0.2, 0.25) is 0 Å². The Kier molecular flexibility index (Phi) is 3.42. The van der Waals surface area contributed by atoms with Crippen LogP contribution in [0.25, 0.3) is 0 Å². The zero-order valence-electron chi connectivity index (χ0n) is 10.6. The molecule has 1 spiro atoms. The highest BCUT2D eigenvalue weighted by molar-refractivity contribution is 5.05. The summed E-state index contributed by atoms with van der Waals surface area (Å²) in [4.78, 5) is 0. The van der Waals surface area contributed by atoms with E-state index >= 15 is 0 Å². The van der Waals surface area contributed by atoms with Crippen molar-refractivity contribution >= 4 is 0 Å². The number of rotatable bonds is 2. The molecule has 2 saturated carbocycles. The summed E-state index contributed by atoms with van der Waals surface area (Å²) < 4.78 is 11.6. The molecule has 0 amide bonds. The van der Waals surface area contributed by atoms with Crippen molar-refractivity contribution in [1.29, 1.82) is 0 Å². The Bertz CT molecular complexity index is 254. The number of ether oxygens (including phenoxy) is 2. The van der Waals surface area contributed by atoms with E-state index in [-0.39, 0.29) is 11.5 Å². The maximum atomic E-state index is 10.1. The molecule has 0 radical (unpaired) electrons. The monoisotopic (exact) mass is 240 g/mol. The average molecular weight is 240 g/mol. The molecule has 1 aliphatic heterocycles. The molecule has 0 aromatic heterocycles. The predicted octanol–water partition coefficient (Wildman–Crippen LogP) is 2.27. The van der Waals surface area contributed by atoms with E-state index < -0.39 is 0 Å². The molecule has 3 fully saturated rings. The van der Waals surface area contributed by atoms with E-state index in [1.807, 2.05) is 0 Å². The fraction of sp³-hybridized carbons (Fsp3) is 1.00. The van der Waals surface area contributed by atoms with Gasteiger partial charge in [0.1, 0.15) is 0 Å². The van der Waals surface area contributed by atoms with Gasteiger partial charge in [0.15, 0.2) is 0 Å². The first-order chi connectivity index (χ1) is 8.31. The molecular formula is C14H24O3. The van der Waals surface area contributed by atoms with Crippen LogP contribution in [0.1, 0.15) is 51.4 Å². The molecule has 0 aromatic carbocycles. The van der Waals surface area contributed by atoms with Crippen LogP contribution < -0.4 is 0 Å². The van der Waals surface area contributed by atoms with Gasteiger partial charge in [-0.25, -0.2) is 0 Å². The van der Waals surface area contributed by atoms with Crippen LogP contribution in [0, 0.1) is 5.41 Å². The topological polar surface area (TPSA) is 38.7 Å². The van der Waals surface area contributed by atoms with Crippen molar-refractivity contribution in [2.24, 2.45) is 5.41 Å². The second kappa shape index (κ2) is 4.87. The molecule has 2 unspecified atom stereocenters. The molecule has 3 heteroatoms. The summed E-state index contributed by atoms with van der Waals surface area (Å²) in [7, 11) is 0. The summed E-state index contributed by atoms with van der Waals surface area (Å²) in [5.41, 5.74) is 0.122. The first-order valence-electron chi connectivity index (χ1n) is 7.22. The van der Waals surface area contributed by atoms with Crippen molar-refractivity contribution < 1.29 is 14.6 Å². The highest BCUT2D eigenvalue weighted by atomic mass is 16.5. The summed E-state index contributed by atoms with van der Waals surface area (Å²) in [5.74, 6) is 0. The maximum absolute atomic E-state index is 10.1. The lowest BCUT2D eigenvalue weighted by Crippen LogP contribution is -2.60. The number of aliphatic hydroxyl groups excluding tert-OH is 1. The highest BCUT2D eigenvalue weighted by Gasteiger charge is 2.55. The third-order valence-corrected chi connectivity index (χ3v) is 5.05. The van der Waals surface area contributed by atoms with Crippen molar-refractivity contribution in [3.63, 3.8) is 0 Å². The quantitative estimate of drug-likeness (QED) is 0.804. The maximum Gasteiger partial charge on any atom is 0.0684 e. The molecular weight excluding hydrogens is 216 g/mol. The van der Waals surface area contributed by atoms with Gasteiger partial charge in [0, 0.05) is 25.0 Å². The van der Waals surface area contributed by atoms with Gasteiger partial charge >= 0.3 is 0 Å². The lowest BCUT2D eigenvalue weighted by molar-refractivity contribution is -0.230. The number of hydrogen-bond acceptors (Lipinski definition) is 3. The molecule has 17 heavy (non-hydrogen) atoms. The van der Waals surface area contributed by atoms with E-state index in [1.54, 1.807) is 0 Å². The molecule has 1 N–H and O–H groups in total. The van der Waals surface area contributed by atoms with E-state index in [2.05, 4.69) is 0 Å². The van der Waals surface area contributed by atoms with Crippen LogP contribution >= 0.6 is 0 Å². The molecule has 2 aliphatic carbocycles. The van der Waals surface area contributed by atoms with E-state index in [1.165, 1.54) is 32.1 Å². The minimum Gasteiger partial charge on any atom is -0.392 e. The molecule has 0 bridgehead atoms. The van der Waals surface area contributed by atoms with Gasteiger partial charge in [-0.2, -0.15) is 0 Å². The lowest BCUT2D eigenvalue weighted by Gasteiger charge is -2.56. The first-order valence-corrected chi connectivity index (χ1v) is 7.22. The van der Waals surface area contributed by atoms with Crippen LogP contribution in [0.5, 0.6) is 0 Å². The molecule has 3 aliphatic rings. The minimum atomic E-state index is -0.104. The van der Waals surface area contributed by atoms with Gasteiger partial charge in [-0.05, 0) is 25.7 Å². The van der Waals surface area contributed by atoms with Gasteiger partial charge in [-0.1, -0.05) is 19.3 Å². The summed E-state index contributed by atoms with van der Waals surface area (Å²) in [5, 5.41) is 10.1. The molecule has 3 rings (SSSR count).